The van der Waals surface area contributed by atoms with Crippen molar-refractivity contribution in [3.8, 4) is 0 Å². The molecule has 112 valence electrons. The lowest BCUT2D eigenvalue weighted by atomic mass is 10.1. The quantitative estimate of drug-likeness (QED) is 0.911. The van der Waals surface area contributed by atoms with E-state index in [2.05, 4.69) is 12.1 Å². The first kappa shape index (κ1) is 15.9. The summed E-state index contributed by atoms with van der Waals surface area (Å²) in [7, 11) is -1.07. The van der Waals surface area contributed by atoms with Crippen LogP contribution in [0.1, 0.15) is 34.8 Å². The first-order valence-corrected chi connectivity index (χ1v) is 8.50. The van der Waals surface area contributed by atoms with Crippen molar-refractivity contribution in [3.63, 3.8) is 0 Å². The predicted molar refractivity (Wildman–Crippen MR) is 87.9 cm³/mol. The Morgan fingerprint density at radius 1 is 1.05 bits per heavy atom. The highest BCUT2D eigenvalue weighted by atomic mass is 32.2. The molecule has 0 aliphatic carbocycles. The van der Waals surface area contributed by atoms with Crippen molar-refractivity contribution < 1.29 is 9.32 Å². The molecular formula is C18H22O2S. The highest BCUT2D eigenvalue weighted by Gasteiger charge is 2.14. The maximum Gasteiger partial charge on any atom is 0.0799 e. The molecule has 0 aliphatic heterocycles. The van der Waals surface area contributed by atoms with E-state index in [1.807, 2.05) is 51.1 Å². The summed E-state index contributed by atoms with van der Waals surface area (Å²) in [5.74, 6) is 0.473. The van der Waals surface area contributed by atoms with Crippen LogP contribution in [0, 0.1) is 20.8 Å². The topological polar surface area (TPSA) is 37.3 Å². The molecule has 0 spiro atoms. The summed E-state index contributed by atoms with van der Waals surface area (Å²) in [5, 5.41) is 10.2. The van der Waals surface area contributed by atoms with Crippen LogP contribution >= 0.6 is 0 Å². The van der Waals surface area contributed by atoms with Crippen LogP contribution in [-0.4, -0.2) is 15.1 Å². The zero-order valence-corrected chi connectivity index (χ0v) is 13.6. The van der Waals surface area contributed by atoms with Crippen molar-refractivity contribution in [1.29, 1.82) is 0 Å². The number of hydrogen-bond donors (Lipinski definition) is 1. The van der Waals surface area contributed by atoms with Crippen LogP contribution in [0.2, 0.25) is 0 Å². The van der Waals surface area contributed by atoms with Gasteiger partial charge in [0.2, 0.25) is 0 Å². The molecule has 0 aliphatic rings. The van der Waals surface area contributed by atoms with Gasteiger partial charge >= 0.3 is 0 Å². The molecule has 0 heterocycles. The summed E-state index contributed by atoms with van der Waals surface area (Å²) in [4.78, 5) is 0.917. The minimum atomic E-state index is -1.07. The van der Waals surface area contributed by atoms with Gasteiger partial charge in [-0.05, 0) is 43.9 Å². The maximum absolute atomic E-state index is 12.5. The second-order valence-electron chi connectivity index (χ2n) is 5.49. The van der Waals surface area contributed by atoms with Crippen molar-refractivity contribution in [2.75, 3.05) is 5.75 Å². The maximum atomic E-state index is 12.5. The van der Waals surface area contributed by atoms with Crippen LogP contribution in [0.15, 0.2) is 47.4 Å². The second-order valence-corrected chi connectivity index (χ2v) is 7.00. The van der Waals surface area contributed by atoms with Crippen molar-refractivity contribution in [1.82, 2.24) is 0 Å². The monoisotopic (exact) mass is 302 g/mol. The zero-order valence-electron chi connectivity index (χ0n) is 12.8. The number of rotatable bonds is 5. The van der Waals surface area contributed by atoms with Gasteiger partial charge < -0.3 is 5.11 Å². The van der Waals surface area contributed by atoms with Gasteiger partial charge in [-0.2, -0.15) is 0 Å². The first-order chi connectivity index (χ1) is 9.99. The number of aliphatic hydroxyl groups excluding tert-OH is 1. The number of benzene rings is 2. The molecule has 0 amide bonds. The molecule has 0 bridgehead atoms. The standard InChI is InChI=1S/C18H22O2S/c1-13-11-14(2)18(15(3)12-13)21(20)10-9-17(19)16-7-5-4-6-8-16/h4-8,11-12,17,19H,9-10H2,1-3H3. The molecule has 2 aromatic carbocycles. The average molecular weight is 302 g/mol. The Morgan fingerprint density at radius 3 is 2.19 bits per heavy atom. The Bertz CT molecular complexity index is 612. The third-order valence-electron chi connectivity index (χ3n) is 3.59. The Balaban J connectivity index is 2.06. The summed E-state index contributed by atoms with van der Waals surface area (Å²) in [5.41, 5.74) is 4.21. The second kappa shape index (κ2) is 7.01. The summed E-state index contributed by atoms with van der Waals surface area (Å²) in [6.45, 7) is 6.05. The van der Waals surface area contributed by atoms with Gasteiger partial charge in [-0.25, -0.2) is 0 Å². The summed E-state index contributed by atoms with van der Waals surface area (Å²) >= 11 is 0. The van der Waals surface area contributed by atoms with E-state index >= 15 is 0 Å². The molecule has 0 saturated carbocycles. The largest absolute Gasteiger partial charge is 0.388 e. The third kappa shape index (κ3) is 4.02. The van der Waals surface area contributed by atoms with Gasteiger partial charge in [0.05, 0.1) is 16.9 Å². The predicted octanol–water partition coefficient (Wildman–Crippen LogP) is 3.84. The molecule has 2 aromatic rings. The van der Waals surface area contributed by atoms with Crippen molar-refractivity contribution in [3.05, 3.63) is 64.7 Å². The van der Waals surface area contributed by atoms with E-state index in [0.29, 0.717) is 12.2 Å². The van der Waals surface area contributed by atoms with Gasteiger partial charge in [-0.3, -0.25) is 4.21 Å². The van der Waals surface area contributed by atoms with Gasteiger partial charge in [-0.15, -0.1) is 0 Å². The molecule has 2 unspecified atom stereocenters. The molecule has 21 heavy (non-hydrogen) atoms. The van der Waals surface area contributed by atoms with Gasteiger partial charge in [0, 0.05) is 10.6 Å². The van der Waals surface area contributed by atoms with Crippen LogP contribution in [0.25, 0.3) is 0 Å². The smallest absolute Gasteiger partial charge is 0.0799 e. The number of hydrogen-bond acceptors (Lipinski definition) is 2. The molecule has 0 radical (unpaired) electrons. The van der Waals surface area contributed by atoms with E-state index in [4.69, 9.17) is 0 Å². The lowest BCUT2D eigenvalue weighted by Crippen LogP contribution is -2.07. The fourth-order valence-corrected chi connectivity index (χ4v) is 4.17. The van der Waals surface area contributed by atoms with Gasteiger partial charge in [0.1, 0.15) is 0 Å². The number of aliphatic hydroxyl groups is 1. The van der Waals surface area contributed by atoms with Crippen molar-refractivity contribution in [2.45, 2.75) is 38.2 Å². The van der Waals surface area contributed by atoms with Crippen molar-refractivity contribution in [2.24, 2.45) is 0 Å². The fraction of sp³-hybridized carbons (Fsp3) is 0.333. The molecule has 2 rings (SSSR count). The normalized spacial score (nSPS) is 13.9. The van der Waals surface area contributed by atoms with Crippen LogP contribution < -0.4 is 0 Å². The molecule has 3 heteroatoms. The lowest BCUT2D eigenvalue weighted by molar-refractivity contribution is 0.174. The third-order valence-corrected chi connectivity index (χ3v) is 5.30. The van der Waals surface area contributed by atoms with Crippen LogP contribution in [-0.2, 0) is 10.8 Å². The van der Waals surface area contributed by atoms with Gasteiger partial charge in [0.15, 0.2) is 0 Å². The van der Waals surface area contributed by atoms with Gasteiger partial charge in [0.25, 0.3) is 0 Å². The molecule has 1 N–H and O–H groups in total. The highest BCUT2D eigenvalue weighted by molar-refractivity contribution is 7.85. The number of aryl methyl sites for hydroxylation is 3. The Morgan fingerprint density at radius 2 is 1.62 bits per heavy atom. The molecule has 0 fully saturated rings. The van der Waals surface area contributed by atoms with Gasteiger partial charge in [-0.1, -0.05) is 48.0 Å². The Kier molecular flexibility index (Phi) is 5.32. The highest BCUT2D eigenvalue weighted by Crippen LogP contribution is 2.23. The summed E-state index contributed by atoms with van der Waals surface area (Å²) in [6.07, 6.45) is -0.0511. The van der Waals surface area contributed by atoms with E-state index in [9.17, 15) is 9.32 Å². The molecule has 0 aromatic heterocycles. The van der Waals surface area contributed by atoms with E-state index in [0.717, 1.165) is 21.6 Å². The molecular weight excluding hydrogens is 280 g/mol. The van der Waals surface area contributed by atoms with Crippen LogP contribution in [0.5, 0.6) is 0 Å². The van der Waals surface area contributed by atoms with Crippen LogP contribution in [0.4, 0.5) is 0 Å². The van der Waals surface area contributed by atoms with Crippen LogP contribution in [0.3, 0.4) is 0 Å². The first-order valence-electron chi connectivity index (χ1n) is 7.18. The zero-order chi connectivity index (χ0) is 15.4. The van der Waals surface area contributed by atoms with E-state index < -0.39 is 16.9 Å². The molecule has 2 atom stereocenters. The SMILES string of the molecule is Cc1cc(C)c(S(=O)CCC(O)c2ccccc2)c(C)c1. The van der Waals surface area contributed by atoms with E-state index in [1.165, 1.54) is 5.56 Å². The molecule has 0 saturated heterocycles. The summed E-state index contributed by atoms with van der Waals surface area (Å²) in [6, 6.07) is 13.7. The molecule has 2 nitrogen and oxygen atoms in total. The van der Waals surface area contributed by atoms with E-state index in [1.54, 1.807) is 0 Å². The van der Waals surface area contributed by atoms with Crippen molar-refractivity contribution >= 4 is 10.8 Å². The average Bonchev–Trinajstić information content (AvgIpc) is 2.44. The van der Waals surface area contributed by atoms with E-state index in [-0.39, 0.29) is 0 Å². The Labute approximate surface area is 129 Å². The Hall–Kier alpha value is -1.45. The minimum Gasteiger partial charge on any atom is -0.388 e. The fourth-order valence-electron chi connectivity index (χ4n) is 2.69. The lowest BCUT2D eigenvalue weighted by Gasteiger charge is -2.13. The summed E-state index contributed by atoms with van der Waals surface area (Å²) < 4.78 is 12.5. The minimum absolute atomic E-state index is 0.473.